The zero-order valence-electron chi connectivity index (χ0n) is 45.0. The Bertz CT molecular complexity index is 4590. The van der Waals surface area contributed by atoms with Crippen LogP contribution in [0.5, 0.6) is 0 Å². The van der Waals surface area contributed by atoms with Gasteiger partial charge in [0.05, 0.1) is 56.2 Å². The fraction of sp³-hybridized carbons (Fsp3) is 0.0822. The molecule has 0 amide bonds. The normalized spacial score (nSPS) is 12.0. The van der Waals surface area contributed by atoms with Crippen molar-refractivity contribution in [2.24, 2.45) is 0 Å². The highest BCUT2D eigenvalue weighted by molar-refractivity contribution is 6.14. The number of halogens is 6. The Balaban J connectivity index is 1.14. The lowest BCUT2D eigenvalue weighted by Gasteiger charge is -2.21. The number of hydrogen-bond donors (Lipinski definition) is 0. The summed E-state index contributed by atoms with van der Waals surface area (Å²) in [5, 5.41) is 14.4. The molecule has 11 aromatic carbocycles. The molecule has 9 heteroatoms. The van der Waals surface area contributed by atoms with Crippen LogP contribution < -0.4 is 0 Å². The first-order valence-corrected chi connectivity index (χ1v) is 26.9. The Hall–Kier alpha value is -9.91. The van der Waals surface area contributed by atoms with Gasteiger partial charge in [-0.25, -0.2) is 0 Å². The number of fused-ring (bicyclic) bond motifs is 6. The molecule has 3 nitrogen and oxygen atoms in total. The number of rotatable bonds is 8. The molecule has 0 saturated carbocycles. The maximum absolute atomic E-state index is 15.3. The van der Waals surface area contributed by atoms with E-state index in [1.807, 2.05) is 84.9 Å². The summed E-state index contributed by atoms with van der Waals surface area (Å²) >= 11 is 0. The lowest BCUT2D eigenvalue weighted by atomic mass is 9.92. The molecule has 0 saturated heterocycles. The molecular weight excluding hydrogens is 1030 g/mol. The Morgan fingerprint density at radius 3 is 1.00 bits per heavy atom. The van der Waals surface area contributed by atoms with E-state index < -0.39 is 29.0 Å². The van der Waals surface area contributed by atoms with E-state index in [1.165, 1.54) is 0 Å². The molecule has 2 heterocycles. The minimum absolute atomic E-state index is 0.0578. The van der Waals surface area contributed by atoms with Crippen molar-refractivity contribution in [3.05, 3.63) is 263 Å². The molecule has 0 aliphatic carbocycles. The molecule has 2 aromatic heterocycles. The van der Waals surface area contributed by atoms with Crippen molar-refractivity contribution in [3.8, 4) is 84.2 Å². The predicted molar refractivity (Wildman–Crippen MR) is 321 cm³/mol. The highest BCUT2D eigenvalue weighted by atomic mass is 19.4. The van der Waals surface area contributed by atoms with Crippen molar-refractivity contribution in [1.29, 1.82) is 5.26 Å². The molecule has 0 fully saturated rings. The number of alkyl halides is 6. The van der Waals surface area contributed by atoms with Gasteiger partial charge < -0.3 is 9.13 Å². The number of benzene rings is 11. The van der Waals surface area contributed by atoms with Crippen molar-refractivity contribution in [2.45, 2.75) is 40.0 Å². The van der Waals surface area contributed by atoms with Crippen LogP contribution in [0.25, 0.3) is 122 Å². The van der Waals surface area contributed by atoms with Gasteiger partial charge in [0.1, 0.15) is 0 Å². The van der Waals surface area contributed by atoms with Gasteiger partial charge in [-0.05, 0) is 184 Å². The molecule has 0 spiro atoms. The third-order valence-electron chi connectivity index (χ3n) is 16.2. The van der Waals surface area contributed by atoms with Gasteiger partial charge in [0.25, 0.3) is 0 Å². The second-order valence-electron chi connectivity index (χ2n) is 21.2. The van der Waals surface area contributed by atoms with E-state index in [1.54, 1.807) is 24.3 Å². The zero-order valence-corrected chi connectivity index (χ0v) is 45.0. The third kappa shape index (κ3) is 8.79. The molecular formula is C73H49F6N3. The van der Waals surface area contributed by atoms with Crippen LogP contribution in [0, 0.1) is 39.0 Å². The monoisotopic (exact) mass is 1080 g/mol. The third-order valence-corrected chi connectivity index (χ3v) is 16.2. The van der Waals surface area contributed by atoms with Crippen molar-refractivity contribution in [1.82, 2.24) is 9.13 Å². The molecule has 0 aliphatic heterocycles. The number of aromatic nitrogens is 2. The van der Waals surface area contributed by atoms with Crippen LogP contribution in [-0.4, -0.2) is 9.13 Å². The second kappa shape index (κ2) is 19.7. The highest BCUT2D eigenvalue weighted by Crippen LogP contribution is 2.47. The molecule has 0 bridgehead atoms. The topological polar surface area (TPSA) is 33.6 Å². The fourth-order valence-corrected chi connectivity index (χ4v) is 12.2. The van der Waals surface area contributed by atoms with Crippen molar-refractivity contribution in [2.75, 3.05) is 0 Å². The lowest BCUT2D eigenvalue weighted by Crippen LogP contribution is -2.12. The van der Waals surface area contributed by atoms with Gasteiger partial charge in [0, 0.05) is 32.7 Å². The van der Waals surface area contributed by atoms with Crippen molar-refractivity contribution < 1.29 is 26.3 Å². The minimum Gasteiger partial charge on any atom is -0.309 e. The summed E-state index contributed by atoms with van der Waals surface area (Å²) in [6, 6.07) is 72.7. The van der Waals surface area contributed by atoms with E-state index in [-0.39, 0.29) is 11.6 Å². The van der Waals surface area contributed by atoms with E-state index in [9.17, 15) is 18.4 Å². The van der Waals surface area contributed by atoms with Crippen LogP contribution in [0.3, 0.4) is 0 Å². The first-order valence-electron chi connectivity index (χ1n) is 26.9. The zero-order chi connectivity index (χ0) is 56.8. The van der Waals surface area contributed by atoms with Crippen molar-refractivity contribution in [3.63, 3.8) is 0 Å². The first-order chi connectivity index (χ1) is 39.5. The summed E-state index contributed by atoms with van der Waals surface area (Å²) in [5.41, 5.74) is 15.4. The van der Waals surface area contributed by atoms with Crippen LogP contribution in [0.4, 0.5) is 26.3 Å². The average molecular weight is 1080 g/mol. The number of aryl methyl sites for hydroxylation is 4. The summed E-state index contributed by atoms with van der Waals surface area (Å²) in [7, 11) is 0. The summed E-state index contributed by atoms with van der Waals surface area (Å²) in [4.78, 5) is 0. The Morgan fingerprint density at radius 1 is 0.317 bits per heavy atom. The van der Waals surface area contributed by atoms with Crippen molar-refractivity contribution >= 4 is 43.6 Å². The minimum atomic E-state index is -5.14. The van der Waals surface area contributed by atoms with Crippen LogP contribution >= 0.6 is 0 Å². The maximum Gasteiger partial charge on any atom is 0.417 e. The quantitative estimate of drug-likeness (QED) is 0.140. The van der Waals surface area contributed by atoms with Gasteiger partial charge in [0.2, 0.25) is 0 Å². The maximum atomic E-state index is 15.3. The molecule has 0 atom stereocenters. The Labute approximate surface area is 469 Å². The summed E-state index contributed by atoms with van der Waals surface area (Å²) in [6.07, 6.45) is -10.2. The Morgan fingerprint density at radius 2 is 0.646 bits per heavy atom. The molecule has 398 valence electrons. The predicted octanol–water partition coefficient (Wildman–Crippen LogP) is 21.0. The van der Waals surface area contributed by atoms with Crippen LogP contribution in [0.15, 0.2) is 224 Å². The second-order valence-corrected chi connectivity index (χ2v) is 21.2. The van der Waals surface area contributed by atoms with E-state index in [2.05, 4.69) is 140 Å². The van der Waals surface area contributed by atoms with Gasteiger partial charge in [-0.2, -0.15) is 31.6 Å². The van der Waals surface area contributed by atoms with Crippen LogP contribution in [0.1, 0.15) is 38.9 Å². The van der Waals surface area contributed by atoms with Gasteiger partial charge in [-0.3, -0.25) is 0 Å². The molecule has 0 aliphatic rings. The molecule has 0 radical (unpaired) electrons. The van der Waals surface area contributed by atoms with Gasteiger partial charge in [0.15, 0.2) is 0 Å². The van der Waals surface area contributed by atoms with E-state index in [0.29, 0.717) is 34.1 Å². The standard InChI is InChI=1S/C73H49F6N3/c1-43-13-5-9-17-54(43)48-23-31-66-61(36-48)62-37-49(55-18-10-6-14-44(55)2)24-32-67(62)81(66)70-35-47(42-80)21-28-59(70)60-29-22-52(58-30-27-53(72(74,75)76)41-65(58)73(77,78)79)40-71(60)82-68-33-25-50(56-19-11-7-15-45(56)3)38-63(68)64-39-51(26-34-69(64)82)57-20-12-8-16-46(57)4/h5-41H,1-4H3. The summed E-state index contributed by atoms with van der Waals surface area (Å²) in [6.45, 7) is 8.30. The molecule has 13 aromatic rings. The molecule has 0 unspecified atom stereocenters. The average Bonchev–Trinajstić information content (AvgIpc) is 3.52. The smallest absolute Gasteiger partial charge is 0.309 e. The number of nitriles is 1. The number of nitrogens with zero attached hydrogens (tertiary/aromatic N) is 3. The largest absolute Gasteiger partial charge is 0.417 e. The van der Waals surface area contributed by atoms with Crippen LogP contribution in [0.2, 0.25) is 0 Å². The van der Waals surface area contributed by atoms with Gasteiger partial charge >= 0.3 is 12.4 Å². The molecule has 13 rings (SSSR count). The molecule has 0 N–H and O–H groups in total. The highest BCUT2D eigenvalue weighted by Gasteiger charge is 2.39. The van der Waals surface area contributed by atoms with Gasteiger partial charge in [-0.15, -0.1) is 0 Å². The molecule has 82 heavy (non-hydrogen) atoms. The van der Waals surface area contributed by atoms with Gasteiger partial charge in [-0.1, -0.05) is 146 Å². The summed E-state index contributed by atoms with van der Waals surface area (Å²) in [5.74, 6) is 0. The lowest BCUT2D eigenvalue weighted by molar-refractivity contribution is -0.142. The van der Waals surface area contributed by atoms with E-state index >= 15 is 13.2 Å². The van der Waals surface area contributed by atoms with E-state index in [0.717, 1.165) is 116 Å². The fourth-order valence-electron chi connectivity index (χ4n) is 12.2. The van der Waals surface area contributed by atoms with Crippen LogP contribution in [-0.2, 0) is 12.4 Å². The SMILES string of the molecule is Cc1ccccc1-c1ccc2c(c1)c1cc(-c3ccccc3C)ccc1n2-c1cc(C#N)ccc1-c1ccc(-c2ccc(C(F)(F)F)cc2C(F)(F)F)cc1-n1c2ccc(-c3ccccc3C)cc2c2cc(-c3ccccc3C)ccc21. The Kier molecular flexibility index (Phi) is 12.4. The number of hydrogen-bond acceptors (Lipinski definition) is 1. The van der Waals surface area contributed by atoms with E-state index in [4.69, 9.17) is 0 Å². The first kappa shape index (κ1) is 51.5. The summed E-state index contributed by atoms with van der Waals surface area (Å²) < 4.78 is 92.7.